The summed E-state index contributed by atoms with van der Waals surface area (Å²) in [4.78, 5) is 27.0. The number of nitrogens with zero attached hydrogens (tertiary/aromatic N) is 1. The molecule has 0 aliphatic carbocycles. The largest absolute Gasteiger partial charge is 0.323 e. The number of benzene rings is 2. The molecular weight excluding hydrogens is 417 g/mol. The zero-order valence-corrected chi connectivity index (χ0v) is 18.1. The van der Waals surface area contributed by atoms with Gasteiger partial charge in [0.1, 0.15) is 11.4 Å². The predicted molar refractivity (Wildman–Crippen MR) is 118 cm³/mol. The highest BCUT2D eigenvalue weighted by molar-refractivity contribution is 6.31. The van der Waals surface area contributed by atoms with Gasteiger partial charge in [0, 0.05) is 17.1 Å². The van der Waals surface area contributed by atoms with Crippen molar-refractivity contribution < 1.29 is 14.0 Å². The Labute approximate surface area is 187 Å². The van der Waals surface area contributed by atoms with E-state index in [0.717, 1.165) is 38.8 Å². The number of piperidine rings is 1. The van der Waals surface area contributed by atoms with E-state index in [1.807, 2.05) is 18.2 Å². The molecule has 3 amide bonds. The summed E-state index contributed by atoms with van der Waals surface area (Å²) in [6, 6.07) is 14.5. The summed E-state index contributed by atoms with van der Waals surface area (Å²) < 4.78 is 14.2. The molecule has 1 atom stereocenters. The Morgan fingerprint density at radius 3 is 2.45 bits per heavy atom. The smallest absolute Gasteiger partial charge is 0.322 e. The van der Waals surface area contributed by atoms with Gasteiger partial charge in [-0.15, -0.1) is 0 Å². The molecule has 7 heteroatoms. The fraction of sp³-hybridized carbons (Fsp3) is 0.417. The molecular formula is C24H27ClFN3O2. The number of amides is 3. The van der Waals surface area contributed by atoms with E-state index < -0.39 is 11.6 Å². The molecule has 2 heterocycles. The monoisotopic (exact) mass is 443 g/mol. The van der Waals surface area contributed by atoms with Gasteiger partial charge in [-0.05, 0) is 68.8 Å². The predicted octanol–water partition coefficient (Wildman–Crippen LogP) is 4.29. The quantitative estimate of drug-likeness (QED) is 0.627. The Kier molecular flexibility index (Phi) is 6.58. The Bertz CT molecular complexity index is 927. The molecule has 2 aliphatic heterocycles. The number of rotatable bonds is 7. The molecule has 0 aromatic heterocycles. The molecule has 164 valence electrons. The zero-order chi connectivity index (χ0) is 21.8. The SMILES string of the molecule is O=C1NC(=O)[C@@](CCCc2ccccc2)(C2CCN(Cc3c(F)cccc3Cl)CC2)N1. The highest BCUT2D eigenvalue weighted by Crippen LogP contribution is 2.35. The average molecular weight is 444 g/mol. The topological polar surface area (TPSA) is 61.4 Å². The van der Waals surface area contributed by atoms with Gasteiger partial charge in [0.2, 0.25) is 0 Å². The first-order chi connectivity index (χ1) is 15.0. The number of carbonyl (C=O) groups is 2. The van der Waals surface area contributed by atoms with Crippen molar-refractivity contribution in [1.29, 1.82) is 0 Å². The third-order valence-corrected chi connectivity index (χ3v) is 6.93. The normalized spacial score (nSPS) is 22.4. The van der Waals surface area contributed by atoms with Crippen LogP contribution in [0, 0.1) is 11.7 Å². The van der Waals surface area contributed by atoms with Crippen molar-refractivity contribution in [3.63, 3.8) is 0 Å². The summed E-state index contributed by atoms with van der Waals surface area (Å²) >= 11 is 6.18. The second kappa shape index (κ2) is 9.37. The standard InChI is InChI=1S/C24H27ClFN3O2/c25-20-9-4-10-21(26)19(20)16-29-14-11-18(12-15-29)24(22(30)27-23(31)28-24)13-5-8-17-6-2-1-3-7-17/h1-4,6-7,9-10,18H,5,8,11-16H2,(H2,27,28,30,31)/t24-/m1/s1. The van der Waals surface area contributed by atoms with Crippen LogP contribution in [0.4, 0.5) is 9.18 Å². The average Bonchev–Trinajstić information content (AvgIpc) is 3.06. The highest BCUT2D eigenvalue weighted by atomic mass is 35.5. The van der Waals surface area contributed by atoms with Crippen LogP contribution in [0.2, 0.25) is 5.02 Å². The minimum Gasteiger partial charge on any atom is -0.323 e. The molecule has 2 N–H and O–H groups in total. The third-order valence-electron chi connectivity index (χ3n) is 6.58. The van der Waals surface area contributed by atoms with E-state index in [-0.39, 0.29) is 17.6 Å². The lowest BCUT2D eigenvalue weighted by Gasteiger charge is -2.41. The van der Waals surface area contributed by atoms with Crippen LogP contribution in [-0.4, -0.2) is 35.5 Å². The highest BCUT2D eigenvalue weighted by Gasteiger charge is 2.51. The zero-order valence-electron chi connectivity index (χ0n) is 17.4. The van der Waals surface area contributed by atoms with E-state index in [1.165, 1.54) is 11.6 Å². The molecule has 31 heavy (non-hydrogen) atoms. The summed E-state index contributed by atoms with van der Waals surface area (Å²) in [5, 5.41) is 5.84. The summed E-state index contributed by atoms with van der Waals surface area (Å²) in [5.74, 6) is -0.474. The van der Waals surface area contributed by atoms with Crippen LogP contribution in [0.15, 0.2) is 48.5 Å². The van der Waals surface area contributed by atoms with Crippen LogP contribution in [0.1, 0.15) is 36.8 Å². The minimum atomic E-state index is -0.867. The lowest BCUT2D eigenvalue weighted by molar-refractivity contribution is -0.127. The molecule has 0 saturated carbocycles. The first kappa shape index (κ1) is 21.8. The van der Waals surface area contributed by atoms with E-state index in [4.69, 9.17) is 11.6 Å². The molecule has 2 aliphatic rings. The van der Waals surface area contributed by atoms with Crippen LogP contribution < -0.4 is 10.6 Å². The summed E-state index contributed by atoms with van der Waals surface area (Å²) in [7, 11) is 0. The fourth-order valence-corrected chi connectivity index (χ4v) is 5.10. The number of aryl methyl sites for hydroxylation is 1. The van der Waals surface area contributed by atoms with Crippen LogP contribution in [0.25, 0.3) is 0 Å². The molecule has 2 fully saturated rings. The number of carbonyl (C=O) groups excluding carboxylic acids is 2. The second-order valence-corrected chi connectivity index (χ2v) is 8.88. The molecule has 5 nitrogen and oxygen atoms in total. The summed E-state index contributed by atoms with van der Waals surface area (Å²) in [5.41, 5.74) is 0.860. The maximum Gasteiger partial charge on any atom is 0.322 e. The molecule has 2 aromatic carbocycles. The fourth-order valence-electron chi connectivity index (χ4n) is 4.88. The van der Waals surface area contributed by atoms with Gasteiger partial charge in [0.15, 0.2) is 0 Å². The second-order valence-electron chi connectivity index (χ2n) is 8.47. The maximum absolute atomic E-state index is 14.2. The Morgan fingerprint density at radius 2 is 1.81 bits per heavy atom. The van der Waals surface area contributed by atoms with Crippen LogP contribution in [-0.2, 0) is 17.8 Å². The number of nitrogens with one attached hydrogen (secondary N) is 2. The van der Waals surface area contributed by atoms with E-state index in [1.54, 1.807) is 12.1 Å². The van der Waals surface area contributed by atoms with Gasteiger partial charge in [-0.2, -0.15) is 0 Å². The van der Waals surface area contributed by atoms with Crippen molar-refractivity contribution in [3.05, 3.63) is 70.5 Å². The molecule has 0 radical (unpaired) electrons. The van der Waals surface area contributed by atoms with Gasteiger partial charge in [-0.25, -0.2) is 9.18 Å². The molecule has 0 spiro atoms. The van der Waals surface area contributed by atoms with Gasteiger partial charge in [-0.3, -0.25) is 15.0 Å². The van der Waals surface area contributed by atoms with Gasteiger partial charge >= 0.3 is 6.03 Å². The number of urea groups is 1. The molecule has 2 aromatic rings. The Balaban J connectivity index is 1.40. The Hall–Kier alpha value is -2.44. The van der Waals surface area contributed by atoms with Crippen LogP contribution in [0.3, 0.4) is 0 Å². The van der Waals surface area contributed by atoms with Crippen molar-refractivity contribution in [3.8, 4) is 0 Å². The van der Waals surface area contributed by atoms with Crippen molar-refractivity contribution in [2.75, 3.05) is 13.1 Å². The van der Waals surface area contributed by atoms with E-state index in [2.05, 4.69) is 27.7 Å². The molecule has 2 saturated heterocycles. The first-order valence-electron chi connectivity index (χ1n) is 10.8. The van der Waals surface area contributed by atoms with Crippen molar-refractivity contribution >= 4 is 23.5 Å². The van der Waals surface area contributed by atoms with Gasteiger partial charge in [0.05, 0.1) is 0 Å². The molecule has 0 unspecified atom stereocenters. The van der Waals surface area contributed by atoms with Crippen LogP contribution in [0.5, 0.6) is 0 Å². The van der Waals surface area contributed by atoms with Crippen molar-refractivity contribution in [2.24, 2.45) is 5.92 Å². The number of hydrogen-bond acceptors (Lipinski definition) is 3. The summed E-state index contributed by atoms with van der Waals surface area (Å²) in [6.45, 7) is 1.88. The number of hydrogen-bond donors (Lipinski definition) is 2. The van der Waals surface area contributed by atoms with Gasteiger partial charge in [0.25, 0.3) is 5.91 Å². The summed E-state index contributed by atoms with van der Waals surface area (Å²) in [6.07, 6.45) is 3.78. The Morgan fingerprint density at radius 1 is 1.06 bits per heavy atom. The lowest BCUT2D eigenvalue weighted by atomic mass is 9.74. The lowest BCUT2D eigenvalue weighted by Crippen LogP contribution is -2.56. The van der Waals surface area contributed by atoms with E-state index >= 15 is 0 Å². The van der Waals surface area contributed by atoms with Crippen LogP contribution >= 0.6 is 11.6 Å². The third kappa shape index (κ3) is 4.75. The first-order valence-corrected chi connectivity index (χ1v) is 11.2. The number of likely N-dealkylation sites (tertiary alicyclic amines) is 1. The maximum atomic E-state index is 14.2. The number of halogens is 2. The number of imide groups is 1. The van der Waals surface area contributed by atoms with Gasteiger partial charge in [-0.1, -0.05) is 48.0 Å². The molecule has 4 rings (SSSR count). The van der Waals surface area contributed by atoms with Crippen molar-refractivity contribution in [2.45, 2.75) is 44.2 Å². The minimum absolute atomic E-state index is 0.0436. The van der Waals surface area contributed by atoms with E-state index in [0.29, 0.717) is 23.6 Å². The van der Waals surface area contributed by atoms with Gasteiger partial charge < -0.3 is 5.32 Å². The van der Waals surface area contributed by atoms with Crippen molar-refractivity contribution in [1.82, 2.24) is 15.5 Å². The van der Waals surface area contributed by atoms with E-state index in [9.17, 15) is 14.0 Å². The molecule has 0 bridgehead atoms.